The van der Waals surface area contributed by atoms with Crippen LogP contribution in [0.15, 0.2) is 48.5 Å². The van der Waals surface area contributed by atoms with E-state index < -0.39 is 12.0 Å². The monoisotopic (exact) mass is 537 g/mol. The maximum Gasteiger partial charge on any atom is 0.338 e. The van der Waals surface area contributed by atoms with Gasteiger partial charge in [0.15, 0.2) is 0 Å². The molecule has 0 radical (unpaired) electrons. The summed E-state index contributed by atoms with van der Waals surface area (Å²) in [6, 6.07) is 15.4. The Labute approximate surface area is 232 Å². The van der Waals surface area contributed by atoms with Gasteiger partial charge in [-0.2, -0.15) is 0 Å². The second kappa shape index (κ2) is 14.2. The van der Waals surface area contributed by atoms with Crippen LogP contribution in [0.3, 0.4) is 0 Å². The van der Waals surface area contributed by atoms with E-state index in [1.807, 2.05) is 45.2 Å². The summed E-state index contributed by atoms with van der Waals surface area (Å²) in [5.74, 6) is -1.00. The Bertz CT molecular complexity index is 1100. The Hall–Kier alpha value is -3.23. The van der Waals surface area contributed by atoms with Crippen LogP contribution in [0.5, 0.6) is 0 Å². The first kappa shape index (κ1) is 30.3. The minimum atomic E-state index is -0.408. The smallest absolute Gasteiger partial charge is 0.338 e. The van der Waals surface area contributed by atoms with Crippen molar-refractivity contribution >= 4 is 23.5 Å². The number of para-hydroxylation sites is 1. The highest BCUT2D eigenvalue weighted by Crippen LogP contribution is 2.40. The Morgan fingerprint density at radius 1 is 0.974 bits per heavy atom. The van der Waals surface area contributed by atoms with Gasteiger partial charge in [0.2, 0.25) is 5.91 Å². The number of rotatable bonds is 8. The predicted octanol–water partition coefficient (Wildman–Crippen LogP) is 4.45. The number of nitrogens with zero attached hydrogens (tertiary/aromatic N) is 2. The summed E-state index contributed by atoms with van der Waals surface area (Å²) in [4.78, 5) is 40.7. The van der Waals surface area contributed by atoms with Crippen LogP contribution in [-0.4, -0.2) is 79.6 Å². The molecule has 8 nitrogen and oxygen atoms in total. The second-order valence-electron chi connectivity index (χ2n) is 10.3. The van der Waals surface area contributed by atoms with Crippen LogP contribution < -0.4 is 5.32 Å². The molecule has 2 heterocycles. The standard InChI is InChI=1S/C17H21NO4.C14H22N2O/c1-18-12-8-9-13(18)15(17(20)21-2)14(10-12)22-16(19)11-6-4-3-5-7-11;1-5-16(6-2)10-13(17)15-14-11(3)8-7-9-12(14)4/h3-7,12-15H,8-10H2,1-2H3;7-9H,5-6,10H2,1-4H3,(H,15,17)/t12-,13+,14-,15+;/m0./s1. The van der Waals surface area contributed by atoms with Gasteiger partial charge < -0.3 is 14.8 Å². The molecule has 0 saturated carbocycles. The number of carbonyl (C=O) groups excluding carboxylic acids is 3. The van der Waals surface area contributed by atoms with E-state index in [4.69, 9.17) is 9.47 Å². The molecule has 2 aromatic carbocycles. The van der Waals surface area contributed by atoms with Crippen molar-refractivity contribution in [3.8, 4) is 0 Å². The Balaban J connectivity index is 0.000000224. The zero-order valence-electron chi connectivity index (χ0n) is 24.1. The van der Waals surface area contributed by atoms with Crippen LogP contribution in [0.25, 0.3) is 0 Å². The van der Waals surface area contributed by atoms with E-state index in [1.165, 1.54) is 7.11 Å². The number of benzene rings is 2. The van der Waals surface area contributed by atoms with Crippen LogP contribution in [0.4, 0.5) is 5.69 Å². The van der Waals surface area contributed by atoms with Crippen LogP contribution in [-0.2, 0) is 19.1 Å². The number of aryl methyl sites for hydroxylation is 2. The number of methoxy groups -OCH3 is 1. The summed E-state index contributed by atoms with van der Waals surface area (Å²) in [7, 11) is 3.42. The van der Waals surface area contributed by atoms with Gasteiger partial charge >= 0.3 is 11.9 Å². The molecule has 2 saturated heterocycles. The molecule has 0 unspecified atom stereocenters. The van der Waals surface area contributed by atoms with Gasteiger partial charge in [0.25, 0.3) is 0 Å². The van der Waals surface area contributed by atoms with Gasteiger partial charge in [0, 0.05) is 24.2 Å². The summed E-state index contributed by atoms with van der Waals surface area (Å²) in [5.41, 5.74) is 3.68. The van der Waals surface area contributed by atoms with E-state index in [0.29, 0.717) is 24.6 Å². The van der Waals surface area contributed by atoms with E-state index in [1.54, 1.807) is 24.3 Å². The van der Waals surface area contributed by atoms with Gasteiger partial charge in [0.1, 0.15) is 12.0 Å². The molecule has 2 aromatic rings. The lowest BCUT2D eigenvalue weighted by molar-refractivity contribution is -0.156. The van der Waals surface area contributed by atoms with Crippen molar-refractivity contribution in [3.05, 3.63) is 65.2 Å². The van der Waals surface area contributed by atoms with Crippen LogP contribution in [0.2, 0.25) is 0 Å². The highest BCUT2D eigenvalue weighted by atomic mass is 16.6. The first-order chi connectivity index (χ1) is 18.7. The summed E-state index contributed by atoms with van der Waals surface area (Å²) >= 11 is 0. The zero-order chi connectivity index (χ0) is 28.5. The lowest BCUT2D eigenvalue weighted by Gasteiger charge is -2.40. The van der Waals surface area contributed by atoms with Crippen molar-refractivity contribution < 1.29 is 23.9 Å². The molecule has 0 spiro atoms. The van der Waals surface area contributed by atoms with Crippen molar-refractivity contribution in [1.82, 2.24) is 9.80 Å². The van der Waals surface area contributed by atoms with Crippen molar-refractivity contribution in [2.45, 2.75) is 65.1 Å². The van der Waals surface area contributed by atoms with Crippen molar-refractivity contribution in [1.29, 1.82) is 0 Å². The number of amides is 1. The Morgan fingerprint density at radius 2 is 1.62 bits per heavy atom. The fourth-order valence-electron chi connectivity index (χ4n) is 5.61. The predicted molar refractivity (Wildman–Crippen MR) is 153 cm³/mol. The van der Waals surface area contributed by atoms with Crippen molar-refractivity contribution in [3.63, 3.8) is 0 Å². The number of ether oxygens (including phenoxy) is 2. The minimum absolute atomic E-state index is 0.0612. The summed E-state index contributed by atoms with van der Waals surface area (Å²) in [6.45, 7) is 10.4. The molecule has 2 fully saturated rings. The molecular weight excluding hydrogens is 494 g/mol. The van der Waals surface area contributed by atoms with Gasteiger partial charge in [-0.15, -0.1) is 0 Å². The first-order valence-electron chi connectivity index (χ1n) is 13.8. The molecule has 4 atom stereocenters. The molecule has 39 heavy (non-hydrogen) atoms. The number of likely N-dealkylation sites (N-methyl/N-ethyl adjacent to an activating group) is 1. The lowest BCUT2D eigenvalue weighted by Crippen LogP contribution is -2.53. The maximum absolute atomic E-state index is 12.3. The fraction of sp³-hybridized carbons (Fsp3) is 0.516. The number of nitrogens with one attached hydrogen (secondary N) is 1. The van der Waals surface area contributed by atoms with E-state index >= 15 is 0 Å². The SMILES string of the molecule is CCN(CC)CC(=O)Nc1c(C)cccc1C.COC(=O)[C@H]1[C@@H](OC(=O)c2ccccc2)C[C@@H]2CC[C@H]1N2C. The number of esters is 2. The number of carbonyl (C=O) groups is 3. The molecule has 0 aromatic heterocycles. The highest BCUT2D eigenvalue weighted by molar-refractivity contribution is 5.93. The summed E-state index contributed by atoms with van der Waals surface area (Å²) in [6.07, 6.45) is 2.26. The van der Waals surface area contributed by atoms with Gasteiger partial charge in [-0.3, -0.25) is 19.4 Å². The van der Waals surface area contributed by atoms with Crippen molar-refractivity contribution in [2.75, 3.05) is 39.1 Å². The fourth-order valence-corrected chi connectivity index (χ4v) is 5.61. The van der Waals surface area contributed by atoms with E-state index in [-0.39, 0.29) is 23.9 Å². The first-order valence-corrected chi connectivity index (χ1v) is 13.8. The van der Waals surface area contributed by atoms with Gasteiger partial charge in [-0.1, -0.05) is 50.2 Å². The average molecular weight is 538 g/mol. The molecule has 212 valence electrons. The summed E-state index contributed by atoms with van der Waals surface area (Å²) in [5, 5.41) is 3.00. The van der Waals surface area contributed by atoms with Crippen molar-refractivity contribution in [2.24, 2.45) is 5.92 Å². The molecule has 2 aliphatic heterocycles. The third-order valence-corrected chi connectivity index (χ3v) is 7.96. The normalized spacial score (nSPS) is 22.0. The van der Waals surface area contributed by atoms with E-state index in [0.717, 1.165) is 42.7 Å². The number of anilines is 1. The van der Waals surface area contributed by atoms with Gasteiger partial charge in [0.05, 0.1) is 19.2 Å². The second-order valence-corrected chi connectivity index (χ2v) is 10.3. The van der Waals surface area contributed by atoms with E-state index in [2.05, 4.69) is 29.0 Å². The molecule has 4 rings (SSSR count). The van der Waals surface area contributed by atoms with Crippen LogP contribution >= 0.6 is 0 Å². The number of hydrogen-bond donors (Lipinski definition) is 1. The molecule has 2 bridgehead atoms. The number of fused-ring (bicyclic) bond motifs is 2. The quantitative estimate of drug-likeness (QED) is 0.498. The summed E-state index contributed by atoms with van der Waals surface area (Å²) < 4.78 is 10.6. The largest absolute Gasteiger partial charge is 0.469 e. The van der Waals surface area contributed by atoms with Crippen LogP contribution in [0, 0.1) is 19.8 Å². The Kier molecular flexibility index (Phi) is 11.1. The highest BCUT2D eigenvalue weighted by Gasteiger charge is 2.51. The lowest BCUT2D eigenvalue weighted by atomic mass is 9.87. The molecule has 2 aliphatic rings. The molecular formula is C31H43N3O5. The molecule has 1 amide bonds. The van der Waals surface area contributed by atoms with Crippen LogP contribution in [0.1, 0.15) is 54.6 Å². The third kappa shape index (κ3) is 7.67. The molecule has 1 N–H and O–H groups in total. The number of hydrogen-bond acceptors (Lipinski definition) is 7. The van der Waals surface area contributed by atoms with Gasteiger partial charge in [-0.05, 0) is 70.1 Å². The topological polar surface area (TPSA) is 88.2 Å². The minimum Gasteiger partial charge on any atom is -0.469 e. The van der Waals surface area contributed by atoms with E-state index in [9.17, 15) is 14.4 Å². The van der Waals surface area contributed by atoms with Gasteiger partial charge in [-0.25, -0.2) is 4.79 Å². The zero-order valence-corrected chi connectivity index (χ0v) is 24.1. The number of piperidine rings is 1. The molecule has 8 heteroatoms. The molecule has 0 aliphatic carbocycles. The third-order valence-electron chi connectivity index (χ3n) is 7.96. The maximum atomic E-state index is 12.3. The Morgan fingerprint density at radius 3 is 2.21 bits per heavy atom. The average Bonchev–Trinajstić information content (AvgIpc) is 3.17.